The second kappa shape index (κ2) is 5.27. The molecule has 0 saturated carbocycles. The summed E-state index contributed by atoms with van der Waals surface area (Å²) in [7, 11) is 0. The molecule has 6 heteroatoms. The van der Waals surface area contributed by atoms with E-state index in [4.69, 9.17) is 0 Å². The molecule has 0 bridgehead atoms. The number of hydrogen-bond acceptors (Lipinski definition) is 4. The SMILES string of the molecule is Cc1cnc(C(=O)N2CC(n3ccnc3C(C)C)C2)cn1. The van der Waals surface area contributed by atoms with Crippen LogP contribution in [0.4, 0.5) is 0 Å². The van der Waals surface area contributed by atoms with Crippen molar-refractivity contribution in [2.24, 2.45) is 0 Å². The Kier molecular flexibility index (Phi) is 3.45. The number of rotatable bonds is 3. The number of nitrogens with zero attached hydrogens (tertiary/aromatic N) is 5. The van der Waals surface area contributed by atoms with Crippen molar-refractivity contribution in [2.45, 2.75) is 32.7 Å². The van der Waals surface area contributed by atoms with Gasteiger partial charge in [-0.25, -0.2) is 9.97 Å². The van der Waals surface area contributed by atoms with E-state index >= 15 is 0 Å². The van der Waals surface area contributed by atoms with Gasteiger partial charge in [0.15, 0.2) is 0 Å². The second-order valence-electron chi connectivity index (χ2n) is 5.75. The second-order valence-corrected chi connectivity index (χ2v) is 5.75. The minimum Gasteiger partial charge on any atom is -0.333 e. The summed E-state index contributed by atoms with van der Waals surface area (Å²) >= 11 is 0. The topological polar surface area (TPSA) is 63.9 Å². The minimum atomic E-state index is -0.0510. The molecule has 1 saturated heterocycles. The van der Waals surface area contributed by atoms with Gasteiger partial charge in [-0.15, -0.1) is 0 Å². The van der Waals surface area contributed by atoms with E-state index in [2.05, 4.69) is 33.4 Å². The third-order valence-electron chi connectivity index (χ3n) is 3.76. The van der Waals surface area contributed by atoms with Gasteiger partial charge in [-0.2, -0.15) is 0 Å². The van der Waals surface area contributed by atoms with Crippen molar-refractivity contribution in [3.63, 3.8) is 0 Å². The number of aromatic nitrogens is 4. The lowest BCUT2D eigenvalue weighted by Gasteiger charge is -2.40. The molecular formula is C15H19N5O. The first-order chi connectivity index (χ1) is 10.1. The largest absolute Gasteiger partial charge is 0.333 e. The lowest BCUT2D eigenvalue weighted by Crippen LogP contribution is -2.51. The molecule has 2 aromatic rings. The highest BCUT2D eigenvalue weighted by Crippen LogP contribution is 2.26. The molecule has 3 heterocycles. The van der Waals surface area contributed by atoms with Crippen LogP contribution < -0.4 is 0 Å². The molecule has 0 spiro atoms. The molecule has 0 N–H and O–H groups in total. The van der Waals surface area contributed by atoms with Crippen LogP contribution >= 0.6 is 0 Å². The van der Waals surface area contributed by atoms with Crippen LogP contribution in [0, 0.1) is 6.92 Å². The fourth-order valence-corrected chi connectivity index (χ4v) is 2.54. The fourth-order valence-electron chi connectivity index (χ4n) is 2.54. The summed E-state index contributed by atoms with van der Waals surface area (Å²) in [4.78, 5) is 26.7. The number of hydrogen-bond donors (Lipinski definition) is 0. The number of imidazole rings is 1. The highest BCUT2D eigenvalue weighted by atomic mass is 16.2. The van der Waals surface area contributed by atoms with Crippen molar-refractivity contribution in [2.75, 3.05) is 13.1 Å². The van der Waals surface area contributed by atoms with Gasteiger partial charge in [0.05, 0.1) is 17.9 Å². The number of aryl methyl sites for hydroxylation is 1. The molecule has 1 aliphatic rings. The molecule has 21 heavy (non-hydrogen) atoms. The van der Waals surface area contributed by atoms with E-state index in [-0.39, 0.29) is 5.91 Å². The maximum Gasteiger partial charge on any atom is 0.274 e. The van der Waals surface area contributed by atoms with Gasteiger partial charge in [-0.3, -0.25) is 9.78 Å². The van der Waals surface area contributed by atoms with Crippen LogP contribution in [-0.4, -0.2) is 43.4 Å². The average Bonchev–Trinajstić information content (AvgIpc) is 2.87. The van der Waals surface area contributed by atoms with Gasteiger partial charge in [0.1, 0.15) is 11.5 Å². The molecule has 2 aromatic heterocycles. The predicted molar refractivity (Wildman–Crippen MR) is 78.0 cm³/mol. The Hall–Kier alpha value is -2.24. The van der Waals surface area contributed by atoms with Crippen LogP contribution in [0.5, 0.6) is 0 Å². The van der Waals surface area contributed by atoms with Gasteiger partial charge in [0, 0.05) is 37.6 Å². The molecule has 0 unspecified atom stereocenters. The number of likely N-dealkylation sites (tertiary alicyclic amines) is 1. The summed E-state index contributed by atoms with van der Waals surface area (Å²) < 4.78 is 2.18. The van der Waals surface area contributed by atoms with E-state index in [1.54, 1.807) is 17.3 Å². The zero-order chi connectivity index (χ0) is 15.0. The Bertz CT molecular complexity index is 640. The van der Waals surface area contributed by atoms with Crippen LogP contribution in [0.3, 0.4) is 0 Å². The highest BCUT2D eigenvalue weighted by Gasteiger charge is 2.34. The van der Waals surface area contributed by atoms with E-state index in [0.717, 1.165) is 11.5 Å². The van der Waals surface area contributed by atoms with Crippen LogP contribution in [0.2, 0.25) is 0 Å². The third-order valence-corrected chi connectivity index (χ3v) is 3.76. The zero-order valence-electron chi connectivity index (χ0n) is 12.5. The summed E-state index contributed by atoms with van der Waals surface area (Å²) in [5.41, 5.74) is 1.22. The molecule has 0 radical (unpaired) electrons. The van der Waals surface area contributed by atoms with Gasteiger partial charge in [0.25, 0.3) is 5.91 Å². The van der Waals surface area contributed by atoms with Gasteiger partial charge in [0.2, 0.25) is 0 Å². The molecule has 1 aliphatic heterocycles. The normalized spacial score (nSPS) is 15.3. The maximum absolute atomic E-state index is 12.3. The van der Waals surface area contributed by atoms with E-state index in [1.165, 1.54) is 0 Å². The van der Waals surface area contributed by atoms with Crippen LogP contribution in [-0.2, 0) is 0 Å². The van der Waals surface area contributed by atoms with Gasteiger partial charge in [-0.1, -0.05) is 13.8 Å². The molecule has 6 nitrogen and oxygen atoms in total. The standard InChI is InChI=1S/C15H19N5O/c1-10(2)14-16-4-5-20(14)12-8-19(9-12)15(21)13-7-17-11(3)6-18-13/h4-7,10,12H,8-9H2,1-3H3. The zero-order valence-corrected chi connectivity index (χ0v) is 12.5. The summed E-state index contributed by atoms with van der Waals surface area (Å²) in [5.74, 6) is 1.40. The predicted octanol–water partition coefficient (Wildman–Crippen LogP) is 1.80. The fraction of sp³-hybridized carbons (Fsp3) is 0.467. The molecule has 1 fully saturated rings. The smallest absolute Gasteiger partial charge is 0.274 e. The van der Waals surface area contributed by atoms with E-state index in [9.17, 15) is 4.79 Å². The first kappa shape index (κ1) is 13.7. The number of carbonyl (C=O) groups excluding carboxylic acids is 1. The molecule has 1 amide bonds. The van der Waals surface area contributed by atoms with Crippen molar-refractivity contribution in [3.05, 3.63) is 42.0 Å². The molecule has 3 rings (SSSR count). The Balaban J connectivity index is 1.66. The molecule has 0 aliphatic carbocycles. The summed E-state index contributed by atoms with van der Waals surface area (Å²) in [6, 6.07) is 0.312. The highest BCUT2D eigenvalue weighted by molar-refractivity contribution is 5.92. The Morgan fingerprint density at radius 3 is 2.62 bits per heavy atom. The lowest BCUT2D eigenvalue weighted by atomic mass is 10.1. The van der Waals surface area contributed by atoms with Crippen LogP contribution in [0.15, 0.2) is 24.8 Å². The van der Waals surface area contributed by atoms with Gasteiger partial charge in [-0.05, 0) is 6.92 Å². The number of amides is 1. The monoisotopic (exact) mass is 285 g/mol. The van der Waals surface area contributed by atoms with E-state index in [0.29, 0.717) is 30.7 Å². The van der Waals surface area contributed by atoms with Crippen molar-refractivity contribution >= 4 is 5.91 Å². The Morgan fingerprint density at radius 2 is 2.00 bits per heavy atom. The Labute approximate surface area is 123 Å². The number of carbonyl (C=O) groups is 1. The summed E-state index contributed by atoms with van der Waals surface area (Å²) in [6.45, 7) is 7.51. The van der Waals surface area contributed by atoms with Crippen molar-refractivity contribution in [1.82, 2.24) is 24.4 Å². The summed E-state index contributed by atoms with van der Waals surface area (Å²) in [6.07, 6.45) is 6.98. The average molecular weight is 285 g/mol. The molecule has 0 aromatic carbocycles. The van der Waals surface area contributed by atoms with Gasteiger partial charge < -0.3 is 9.47 Å². The van der Waals surface area contributed by atoms with Crippen molar-refractivity contribution in [3.8, 4) is 0 Å². The van der Waals surface area contributed by atoms with Crippen LogP contribution in [0.1, 0.15) is 47.8 Å². The minimum absolute atomic E-state index is 0.0510. The first-order valence-electron chi connectivity index (χ1n) is 7.17. The summed E-state index contributed by atoms with van der Waals surface area (Å²) in [5, 5.41) is 0. The maximum atomic E-state index is 12.3. The van der Waals surface area contributed by atoms with Crippen molar-refractivity contribution < 1.29 is 4.79 Å². The Morgan fingerprint density at radius 1 is 1.24 bits per heavy atom. The van der Waals surface area contributed by atoms with E-state index in [1.807, 2.05) is 19.3 Å². The van der Waals surface area contributed by atoms with Gasteiger partial charge >= 0.3 is 0 Å². The third kappa shape index (κ3) is 2.53. The molecule has 0 atom stereocenters. The first-order valence-corrected chi connectivity index (χ1v) is 7.17. The lowest BCUT2D eigenvalue weighted by molar-refractivity contribution is 0.0508. The quantitative estimate of drug-likeness (QED) is 0.862. The van der Waals surface area contributed by atoms with Crippen LogP contribution in [0.25, 0.3) is 0 Å². The van der Waals surface area contributed by atoms with E-state index < -0.39 is 0 Å². The van der Waals surface area contributed by atoms with Crippen molar-refractivity contribution in [1.29, 1.82) is 0 Å². The molecular weight excluding hydrogens is 266 g/mol. The molecule has 110 valence electrons.